The highest BCUT2D eigenvalue weighted by atomic mass is 16.5. The van der Waals surface area contributed by atoms with E-state index >= 15 is 0 Å². The molecule has 1 saturated heterocycles. The molecule has 1 aromatic heterocycles. The number of benzene rings is 1. The maximum absolute atomic E-state index is 12.8. The van der Waals surface area contributed by atoms with E-state index in [4.69, 9.17) is 14.6 Å². The molecule has 0 bridgehead atoms. The third-order valence-corrected chi connectivity index (χ3v) is 5.52. The second kappa shape index (κ2) is 7.11. The first-order valence-electron chi connectivity index (χ1n) is 9.23. The van der Waals surface area contributed by atoms with E-state index in [1.54, 1.807) is 13.2 Å². The van der Waals surface area contributed by atoms with Crippen molar-refractivity contribution in [1.82, 2.24) is 14.7 Å². The van der Waals surface area contributed by atoms with Crippen LogP contribution in [-0.2, 0) is 24.8 Å². The van der Waals surface area contributed by atoms with Gasteiger partial charge in [-0.2, -0.15) is 5.10 Å². The summed E-state index contributed by atoms with van der Waals surface area (Å²) in [5.41, 5.74) is 4.44. The van der Waals surface area contributed by atoms with Crippen LogP contribution in [0.2, 0.25) is 0 Å². The summed E-state index contributed by atoms with van der Waals surface area (Å²) in [5.74, 6) is 1.19. The fourth-order valence-electron chi connectivity index (χ4n) is 4.06. The average molecular weight is 355 g/mol. The Hall–Kier alpha value is -2.34. The van der Waals surface area contributed by atoms with Gasteiger partial charge in [0.05, 0.1) is 26.0 Å². The molecular formula is C20H25N3O3. The minimum Gasteiger partial charge on any atom is -0.497 e. The zero-order valence-corrected chi connectivity index (χ0v) is 15.4. The number of carbonyl (C=O) groups is 1. The van der Waals surface area contributed by atoms with Crippen molar-refractivity contribution in [3.63, 3.8) is 0 Å². The fourth-order valence-corrected chi connectivity index (χ4v) is 4.06. The molecule has 0 radical (unpaired) electrons. The zero-order valence-electron chi connectivity index (χ0n) is 15.4. The molecular weight excluding hydrogens is 330 g/mol. The second-order valence-corrected chi connectivity index (χ2v) is 7.04. The number of carbonyl (C=O) groups excluding carboxylic acids is 1. The summed E-state index contributed by atoms with van der Waals surface area (Å²) >= 11 is 0. The monoisotopic (exact) mass is 355 g/mol. The third kappa shape index (κ3) is 3.09. The number of fused-ring (bicyclic) bond motifs is 1. The number of methoxy groups -OCH3 is 1. The fraction of sp³-hybridized carbons (Fsp3) is 0.500. The molecule has 6 heteroatoms. The SMILES string of the molecule is COc1cccc(C(=O)N2CCC(c3nn(C)c4c3COCC4)CC2)c1. The largest absolute Gasteiger partial charge is 0.497 e. The first-order chi connectivity index (χ1) is 12.7. The highest BCUT2D eigenvalue weighted by molar-refractivity contribution is 5.94. The van der Waals surface area contributed by atoms with E-state index < -0.39 is 0 Å². The summed E-state index contributed by atoms with van der Waals surface area (Å²) in [4.78, 5) is 14.7. The molecule has 0 aliphatic carbocycles. The van der Waals surface area contributed by atoms with Crippen LogP contribution >= 0.6 is 0 Å². The number of piperidine rings is 1. The lowest BCUT2D eigenvalue weighted by Gasteiger charge is -2.32. The molecule has 2 aliphatic rings. The van der Waals surface area contributed by atoms with Gasteiger partial charge in [0.2, 0.25) is 0 Å². The minimum absolute atomic E-state index is 0.0775. The molecule has 1 fully saturated rings. The first kappa shape index (κ1) is 17.1. The predicted molar refractivity (Wildman–Crippen MR) is 97.4 cm³/mol. The molecule has 2 aromatic rings. The van der Waals surface area contributed by atoms with Gasteiger partial charge >= 0.3 is 0 Å². The molecule has 2 aliphatic heterocycles. The maximum Gasteiger partial charge on any atom is 0.253 e. The highest BCUT2D eigenvalue weighted by Gasteiger charge is 2.30. The zero-order chi connectivity index (χ0) is 18.1. The van der Waals surface area contributed by atoms with Crippen molar-refractivity contribution >= 4 is 5.91 Å². The van der Waals surface area contributed by atoms with Crippen molar-refractivity contribution in [2.75, 3.05) is 26.8 Å². The molecule has 0 spiro atoms. The molecule has 3 heterocycles. The number of hydrogen-bond acceptors (Lipinski definition) is 4. The second-order valence-electron chi connectivity index (χ2n) is 7.04. The van der Waals surface area contributed by atoms with Crippen LogP contribution in [0.5, 0.6) is 5.75 Å². The molecule has 0 unspecified atom stereocenters. The third-order valence-electron chi connectivity index (χ3n) is 5.52. The van der Waals surface area contributed by atoms with E-state index in [0.717, 1.165) is 39.0 Å². The summed E-state index contributed by atoms with van der Waals surface area (Å²) in [7, 11) is 3.64. The van der Waals surface area contributed by atoms with Gasteiger partial charge in [-0.3, -0.25) is 9.48 Å². The van der Waals surface area contributed by atoms with E-state index in [1.165, 1.54) is 17.0 Å². The van der Waals surface area contributed by atoms with Crippen LogP contribution in [-0.4, -0.2) is 47.4 Å². The molecule has 1 aromatic carbocycles. The van der Waals surface area contributed by atoms with E-state index in [-0.39, 0.29) is 5.91 Å². The van der Waals surface area contributed by atoms with Gasteiger partial charge < -0.3 is 14.4 Å². The van der Waals surface area contributed by atoms with Gasteiger partial charge in [0.25, 0.3) is 5.91 Å². The minimum atomic E-state index is 0.0775. The molecule has 138 valence electrons. The van der Waals surface area contributed by atoms with Gasteiger partial charge in [0, 0.05) is 49.3 Å². The number of aromatic nitrogens is 2. The van der Waals surface area contributed by atoms with Crippen LogP contribution in [0.4, 0.5) is 0 Å². The number of rotatable bonds is 3. The Balaban J connectivity index is 1.45. The average Bonchev–Trinajstić information content (AvgIpc) is 3.04. The highest BCUT2D eigenvalue weighted by Crippen LogP contribution is 2.33. The Bertz CT molecular complexity index is 807. The van der Waals surface area contributed by atoms with Gasteiger partial charge in [0.15, 0.2) is 0 Å². The van der Waals surface area contributed by atoms with Crippen LogP contribution in [0.15, 0.2) is 24.3 Å². The Morgan fingerprint density at radius 3 is 2.88 bits per heavy atom. The lowest BCUT2D eigenvalue weighted by atomic mass is 9.90. The van der Waals surface area contributed by atoms with Crippen LogP contribution in [0.3, 0.4) is 0 Å². The topological polar surface area (TPSA) is 56.6 Å². The number of hydrogen-bond donors (Lipinski definition) is 0. The summed E-state index contributed by atoms with van der Waals surface area (Å²) in [6.45, 7) is 2.96. The lowest BCUT2D eigenvalue weighted by Crippen LogP contribution is -2.38. The molecule has 26 heavy (non-hydrogen) atoms. The van der Waals surface area contributed by atoms with Gasteiger partial charge in [-0.15, -0.1) is 0 Å². The number of ether oxygens (including phenoxy) is 2. The van der Waals surface area contributed by atoms with Crippen molar-refractivity contribution in [2.24, 2.45) is 7.05 Å². The number of nitrogens with zero attached hydrogens (tertiary/aromatic N) is 3. The molecule has 0 atom stereocenters. The molecule has 0 saturated carbocycles. The number of likely N-dealkylation sites (tertiary alicyclic amines) is 1. The van der Waals surface area contributed by atoms with Crippen molar-refractivity contribution in [2.45, 2.75) is 31.8 Å². The normalized spacial score (nSPS) is 17.8. The standard InChI is InChI=1S/C20H25N3O3/c1-22-18-8-11-26-13-17(18)19(21-22)14-6-9-23(10-7-14)20(24)15-4-3-5-16(12-15)25-2/h3-5,12,14H,6-11,13H2,1-2H3. The Morgan fingerprint density at radius 1 is 1.31 bits per heavy atom. The summed E-state index contributed by atoms with van der Waals surface area (Å²) in [6, 6.07) is 7.37. The van der Waals surface area contributed by atoms with Gasteiger partial charge in [-0.25, -0.2) is 0 Å². The molecule has 1 amide bonds. The van der Waals surface area contributed by atoms with Crippen molar-refractivity contribution in [3.8, 4) is 5.75 Å². The summed E-state index contributed by atoms with van der Waals surface area (Å²) in [6.07, 6.45) is 2.82. The smallest absolute Gasteiger partial charge is 0.253 e. The Labute approximate surface area is 153 Å². The van der Waals surface area contributed by atoms with Crippen LogP contribution in [0, 0.1) is 0 Å². The van der Waals surface area contributed by atoms with Crippen molar-refractivity contribution in [3.05, 3.63) is 46.8 Å². The van der Waals surface area contributed by atoms with Gasteiger partial charge in [-0.1, -0.05) is 6.07 Å². The van der Waals surface area contributed by atoms with Crippen LogP contribution < -0.4 is 4.74 Å². The molecule has 0 N–H and O–H groups in total. The van der Waals surface area contributed by atoms with E-state index in [0.29, 0.717) is 23.8 Å². The van der Waals surface area contributed by atoms with Crippen LogP contribution in [0.25, 0.3) is 0 Å². The maximum atomic E-state index is 12.8. The Kier molecular flexibility index (Phi) is 4.68. The molecule has 6 nitrogen and oxygen atoms in total. The van der Waals surface area contributed by atoms with Crippen molar-refractivity contribution < 1.29 is 14.3 Å². The van der Waals surface area contributed by atoms with Gasteiger partial charge in [-0.05, 0) is 31.0 Å². The van der Waals surface area contributed by atoms with E-state index in [1.807, 2.05) is 34.8 Å². The van der Waals surface area contributed by atoms with Crippen molar-refractivity contribution in [1.29, 1.82) is 0 Å². The quantitative estimate of drug-likeness (QED) is 0.849. The molecule has 4 rings (SSSR count). The summed E-state index contributed by atoms with van der Waals surface area (Å²) in [5, 5.41) is 4.78. The predicted octanol–water partition coefficient (Wildman–Crippen LogP) is 2.52. The van der Waals surface area contributed by atoms with Gasteiger partial charge in [0.1, 0.15) is 5.75 Å². The van der Waals surface area contributed by atoms with E-state index in [9.17, 15) is 4.79 Å². The Morgan fingerprint density at radius 2 is 2.12 bits per heavy atom. The summed E-state index contributed by atoms with van der Waals surface area (Å²) < 4.78 is 12.9. The van der Waals surface area contributed by atoms with E-state index in [2.05, 4.69) is 0 Å². The lowest BCUT2D eigenvalue weighted by molar-refractivity contribution is 0.0709. The number of aryl methyl sites for hydroxylation is 1. The number of amides is 1. The van der Waals surface area contributed by atoms with Crippen LogP contribution in [0.1, 0.15) is 46.1 Å². The first-order valence-corrected chi connectivity index (χ1v) is 9.23.